The number of Topliss-reactive ketones (excluding diaryl/α,β-unsaturated/α-hetero) is 1. The third-order valence-corrected chi connectivity index (χ3v) is 4.25. The maximum absolute atomic E-state index is 13.2. The number of ketones is 1. The van der Waals surface area contributed by atoms with E-state index in [0.29, 0.717) is 16.9 Å². The van der Waals surface area contributed by atoms with E-state index in [2.05, 4.69) is 5.32 Å². The second-order valence-electron chi connectivity index (χ2n) is 6.60. The van der Waals surface area contributed by atoms with Crippen molar-refractivity contribution in [2.75, 3.05) is 7.11 Å². The summed E-state index contributed by atoms with van der Waals surface area (Å²) in [4.78, 5) is 24.2. The standard InChI is InChI=1S/C21H24FNO3/c1-13(2)21(15-5-8-18(22)9-6-15)23-20(25)12-17-11-16(14(3)24)7-10-19(17)26-4/h5-11,13,21H,12H2,1-4H3,(H,23,25). The molecule has 138 valence electrons. The number of ether oxygens (including phenoxy) is 1. The Balaban J connectivity index is 2.19. The molecule has 2 aromatic carbocycles. The number of benzene rings is 2. The topological polar surface area (TPSA) is 55.4 Å². The van der Waals surface area contributed by atoms with Crippen LogP contribution in [0.15, 0.2) is 42.5 Å². The lowest BCUT2D eigenvalue weighted by Crippen LogP contribution is -2.33. The summed E-state index contributed by atoms with van der Waals surface area (Å²) in [5.41, 5.74) is 2.03. The summed E-state index contributed by atoms with van der Waals surface area (Å²) in [6, 6.07) is 11.0. The molecule has 2 rings (SSSR count). The summed E-state index contributed by atoms with van der Waals surface area (Å²) in [6.07, 6.45) is 0.0920. The SMILES string of the molecule is COc1ccc(C(C)=O)cc1CC(=O)NC(c1ccc(F)cc1)C(C)C. The molecule has 0 aliphatic rings. The first kappa shape index (κ1) is 19.6. The molecule has 0 aliphatic heterocycles. The highest BCUT2D eigenvalue weighted by Crippen LogP contribution is 2.24. The van der Waals surface area contributed by atoms with Crippen molar-refractivity contribution in [3.63, 3.8) is 0 Å². The maximum atomic E-state index is 13.2. The van der Waals surface area contributed by atoms with Crippen LogP contribution in [-0.2, 0) is 11.2 Å². The van der Waals surface area contributed by atoms with Gasteiger partial charge in [0, 0.05) is 11.1 Å². The molecule has 5 heteroatoms. The van der Waals surface area contributed by atoms with Crippen LogP contribution in [0, 0.1) is 11.7 Å². The van der Waals surface area contributed by atoms with E-state index in [1.54, 1.807) is 30.3 Å². The second kappa shape index (κ2) is 8.61. The quantitative estimate of drug-likeness (QED) is 0.759. The van der Waals surface area contributed by atoms with Gasteiger partial charge in [-0.2, -0.15) is 0 Å². The van der Waals surface area contributed by atoms with Crippen molar-refractivity contribution in [1.82, 2.24) is 5.32 Å². The van der Waals surface area contributed by atoms with E-state index in [1.165, 1.54) is 26.2 Å². The lowest BCUT2D eigenvalue weighted by molar-refractivity contribution is -0.121. The number of carbonyl (C=O) groups is 2. The summed E-state index contributed by atoms with van der Waals surface area (Å²) in [7, 11) is 1.53. The average Bonchev–Trinajstić information content (AvgIpc) is 2.60. The predicted octanol–water partition coefficient (Wildman–Crippen LogP) is 4.09. The van der Waals surface area contributed by atoms with Crippen LogP contribution in [0.4, 0.5) is 4.39 Å². The molecule has 1 amide bonds. The van der Waals surface area contributed by atoms with Gasteiger partial charge in [-0.05, 0) is 48.7 Å². The number of halogens is 1. The van der Waals surface area contributed by atoms with Crippen LogP contribution in [0.5, 0.6) is 5.75 Å². The normalized spacial score (nSPS) is 11.9. The molecule has 4 nitrogen and oxygen atoms in total. The van der Waals surface area contributed by atoms with Crippen LogP contribution in [0.3, 0.4) is 0 Å². The largest absolute Gasteiger partial charge is 0.496 e. The molecule has 0 aliphatic carbocycles. The molecule has 0 saturated heterocycles. The molecule has 0 bridgehead atoms. The highest BCUT2D eigenvalue weighted by atomic mass is 19.1. The van der Waals surface area contributed by atoms with Crippen LogP contribution in [0.1, 0.15) is 48.3 Å². The molecular formula is C21H24FNO3. The Bertz CT molecular complexity index is 784. The lowest BCUT2D eigenvalue weighted by Gasteiger charge is -2.23. The van der Waals surface area contributed by atoms with Crippen LogP contribution < -0.4 is 10.1 Å². The van der Waals surface area contributed by atoms with Crippen molar-refractivity contribution in [3.05, 3.63) is 65.0 Å². The van der Waals surface area contributed by atoms with Gasteiger partial charge in [0.2, 0.25) is 5.91 Å². The van der Waals surface area contributed by atoms with Gasteiger partial charge in [-0.3, -0.25) is 9.59 Å². The molecule has 1 N–H and O–H groups in total. The summed E-state index contributed by atoms with van der Waals surface area (Å²) >= 11 is 0. The van der Waals surface area contributed by atoms with Gasteiger partial charge in [-0.1, -0.05) is 26.0 Å². The maximum Gasteiger partial charge on any atom is 0.225 e. The van der Waals surface area contributed by atoms with Gasteiger partial charge in [0.1, 0.15) is 11.6 Å². The van der Waals surface area contributed by atoms with E-state index in [-0.39, 0.29) is 35.9 Å². The molecule has 0 aromatic heterocycles. The fourth-order valence-corrected chi connectivity index (χ4v) is 2.84. The number of methoxy groups -OCH3 is 1. The minimum absolute atomic E-state index is 0.0688. The van der Waals surface area contributed by atoms with Gasteiger partial charge < -0.3 is 10.1 Å². The Kier molecular flexibility index (Phi) is 6.50. The first-order valence-electron chi connectivity index (χ1n) is 8.54. The van der Waals surface area contributed by atoms with E-state index < -0.39 is 0 Å². The summed E-state index contributed by atoms with van der Waals surface area (Å²) in [5.74, 6) is 0.129. The molecule has 0 heterocycles. The fourth-order valence-electron chi connectivity index (χ4n) is 2.84. The predicted molar refractivity (Wildman–Crippen MR) is 98.8 cm³/mol. The first-order chi connectivity index (χ1) is 12.3. The van der Waals surface area contributed by atoms with Crippen LogP contribution in [0.2, 0.25) is 0 Å². The van der Waals surface area contributed by atoms with Gasteiger partial charge in [-0.15, -0.1) is 0 Å². The fraction of sp³-hybridized carbons (Fsp3) is 0.333. The van der Waals surface area contributed by atoms with Crippen LogP contribution in [-0.4, -0.2) is 18.8 Å². The molecule has 0 fully saturated rings. The van der Waals surface area contributed by atoms with Crippen LogP contribution in [0.25, 0.3) is 0 Å². The van der Waals surface area contributed by atoms with Gasteiger partial charge in [0.05, 0.1) is 19.6 Å². The second-order valence-corrected chi connectivity index (χ2v) is 6.60. The number of hydrogen-bond donors (Lipinski definition) is 1. The zero-order chi connectivity index (χ0) is 19.3. The number of rotatable bonds is 7. The van der Waals surface area contributed by atoms with Crippen molar-refractivity contribution in [2.45, 2.75) is 33.2 Å². The van der Waals surface area contributed by atoms with Gasteiger partial charge in [-0.25, -0.2) is 4.39 Å². The van der Waals surface area contributed by atoms with E-state index in [4.69, 9.17) is 4.74 Å². The van der Waals surface area contributed by atoms with E-state index in [1.807, 2.05) is 13.8 Å². The van der Waals surface area contributed by atoms with Gasteiger partial charge in [0.25, 0.3) is 0 Å². The van der Waals surface area contributed by atoms with E-state index in [0.717, 1.165) is 5.56 Å². The van der Waals surface area contributed by atoms with E-state index >= 15 is 0 Å². The summed E-state index contributed by atoms with van der Waals surface area (Å²) in [5, 5.41) is 3.00. The Labute approximate surface area is 153 Å². The van der Waals surface area contributed by atoms with Crippen molar-refractivity contribution in [3.8, 4) is 5.75 Å². The summed E-state index contributed by atoms with van der Waals surface area (Å²) < 4.78 is 18.5. The van der Waals surface area contributed by atoms with Gasteiger partial charge in [0.15, 0.2) is 5.78 Å². The molecule has 2 aromatic rings. The summed E-state index contributed by atoms with van der Waals surface area (Å²) in [6.45, 7) is 5.46. The lowest BCUT2D eigenvalue weighted by atomic mass is 9.95. The highest BCUT2D eigenvalue weighted by molar-refractivity contribution is 5.94. The highest BCUT2D eigenvalue weighted by Gasteiger charge is 2.20. The number of carbonyl (C=O) groups excluding carboxylic acids is 2. The van der Waals surface area contributed by atoms with E-state index in [9.17, 15) is 14.0 Å². The van der Waals surface area contributed by atoms with Crippen LogP contribution >= 0.6 is 0 Å². The molecule has 26 heavy (non-hydrogen) atoms. The molecule has 0 spiro atoms. The van der Waals surface area contributed by atoms with Crippen molar-refractivity contribution >= 4 is 11.7 Å². The number of hydrogen-bond acceptors (Lipinski definition) is 3. The minimum Gasteiger partial charge on any atom is -0.496 e. The minimum atomic E-state index is -0.312. The Morgan fingerprint density at radius 1 is 1.12 bits per heavy atom. The molecule has 1 atom stereocenters. The smallest absolute Gasteiger partial charge is 0.225 e. The number of nitrogens with one attached hydrogen (secondary N) is 1. The average molecular weight is 357 g/mol. The monoisotopic (exact) mass is 357 g/mol. The molecule has 1 unspecified atom stereocenters. The third kappa shape index (κ3) is 4.91. The zero-order valence-electron chi connectivity index (χ0n) is 15.5. The first-order valence-corrected chi connectivity index (χ1v) is 8.54. The Morgan fingerprint density at radius 2 is 1.77 bits per heavy atom. The number of amides is 1. The zero-order valence-corrected chi connectivity index (χ0v) is 15.5. The molecular weight excluding hydrogens is 333 g/mol. The van der Waals surface area contributed by atoms with Crippen molar-refractivity contribution in [2.24, 2.45) is 5.92 Å². The molecule has 0 saturated carbocycles. The molecule has 0 radical (unpaired) electrons. The third-order valence-electron chi connectivity index (χ3n) is 4.25. The van der Waals surface area contributed by atoms with Crippen molar-refractivity contribution in [1.29, 1.82) is 0 Å². The Hall–Kier alpha value is -2.69. The van der Waals surface area contributed by atoms with Gasteiger partial charge >= 0.3 is 0 Å². The Morgan fingerprint density at radius 3 is 2.31 bits per heavy atom. The van der Waals surface area contributed by atoms with Crippen molar-refractivity contribution < 1.29 is 18.7 Å².